The van der Waals surface area contributed by atoms with Gasteiger partial charge in [0.15, 0.2) is 0 Å². The van der Waals surface area contributed by atoms with Crippen LogP contribution in [0, 0.1) is 0 Å². The van der Waals surface area contributed by atoms with Crippen LogP contribution in [0.5, 0.6) is 5.75 Å². The number of rotatable bonds is 7. The van der Waals surface area contributed by atoms with Gasteiger partial charge in [-0.2, -0.15) is 13.9 Å². The molecule has 1 fully saturated rings. The van der Waals surface area contributed by atoms with Gasteiger partial charge < -0.3 is 15.4 Å². The first kappa shape index (κ1) is 16.9. The van der Waals surface area contributed by atoms with Crippen LogP contribution in [-0.2, 0) is 11.3 Å². The average Bonchev–Trinajstić information content (AvgIpc) is 3.26. The van der Waals surface area contributed by atoms with Crippen LogP contribution in [0.2, 0.25) is 0 Å². The van der Waals surface area contributed by atoms with Crippen molar-refractivity contribution in [3.05, 3.63) is 42.2 Å². The van der Waals surface area contributed by atoms with Crippen molar-refractivity contribution in [3.8, 4) is 5.75 Å². The molecule has 1 heterocycles. The second-order valence-corrected chi connectivity index (χ2v) is 5.63. The van der Waals surface area contributed by atoms with Gasteiger partial charge in [-0.05, 0) is 37.1 Å². The van der Waals surface area contributed by atoms with Crippen LogP contribution < -0.4 is 15.4 Å². The van der Waals surface area contributed by atoms with Crippen LogP contribution in [0.4, 0.5) is 14.5 Å². The molecular formula is C16H16F2N4O3. The van der Waals surface area contributed by atoms with Gasteiger partial charge in [0.1, 0.15) is 12.3 Å². The third-order valence-electron chi connectivity index (χ3n) is 3.48. The van der Waals surface area contributed by atoms with E-state index in [9.17, 15) is 18.4 Å². The summed E-state index contributed by atoms with van der Waals surface area (Å²) in [4.78, 5) is 23.8. The van der Waals surface area contributed by atoms with Gasteiger partial charge in [-0.3, -0.25) is 14.3 Å². The molecule has 2 amide bonds. The molecule has 0 atom stereocenters. The molecular weight excluding hydrogens is 334 g/mol. The summed E-state index contributed by atoms with van der Waals surface area (Å²) < 4.78 is 29.8. The fraction of sp³-hybridized carbons (Fsp3) is 0.312. The summed E-state index contributed by atoms with van der Waals surface area (Å²) in [6, 6.07) is 5.60. The van der Waals surface area contributed by atoms with E-state index in [0.717, 1.165) is 12.8 Å². The molecule has 2 N–H and O–H groups in total. The van der Waals surface area contributed by atoms with Crippen LogP contribution in [0.15, 0.2) is 36.7 Å². The molecule has 0 bridgehead atoms. The number of nitrogens with zero attached hydrogens (tertiary/aromatic N) is 2. The number of amides is 2. The maximum atomic E-state index is 12.1. The summed E-state index contributed by atoms with van der Waals surface area (Å²) in [6.45, 7) is -2.84. The number of nitrogens with one attached hydrogen (secondary N) is 2. The molecule has 0 spiro atoms. The highest BCUT2D eigenvalue weighted by Crippen LogP contribution is 2.18. The number of halogens is 2. The molecule has 1 aromatic heterocycles. The molecule has 3 rings (SSSR count). The van der Waals surface area contributed by atoms with Crippen LogP contribution in [0.1, 0.15) is 23.2 Å². The molecule has 25 heavy (non-hydrogen) atoms. The molecule has 1 aromatic carbocycles. The van der Waals surface area contributed by atoms with Gasteiger partial charge in [0.25, 0.3) is 5.91 Å². The molecule has 7 nitrogen and oxygen atoms in total. The highest BCUT2D eigenvalue weighted by Gasteiger charge is 2.23. The molecule has 1 aliphatic carbocycles. The second-order valence-electron chi connectivity index (χ2n) is 5.63. The molecule has 2 aromatic rings. The van der Waals surface area contributed by atoms with Crippen molar-refractivity contribution in [3.63, 3.8) is 0 Å². The zero-order chi connectivity index (χ0) is 17.8. The van der Waals surface area contributed by atoms with Crippen LogP contribution in [0.25, 0.3) is 0 Å². The van der Waals surface area contributed by atoms with E-state index in [1.807, 2.05) is 0 Å². The number of hydrogen-bond acceptors (Lipinski definition) is 4. The van der Waals surface area contributed by atoms with E-state index in [-0.39, 0.29) is 29.8 Å². The summed E-state index contributed by atoms with van der Waals surface area (Å²) in [7, 11) is 0. The van der Waals surface area contributed by atoms with Gasteiger partial charge in [-0.15, -0.1) is 0 Å². The fourth-order valence-electron chi connectivity index (χ4n) is 2.15. The van der Waals surface area contributed by atoms with Crippen molar-refractivity contribution in [2.24, 2.45) is 0 Å². The Kier molecular flexibility index (Phi) is 4.92. The number of ether oxygens (including phenoxy) is 1. The maximum absolute atomic E-state index is 12.1. The Morgan fingerprint density at radius 3 is 2.64 bits per heavy atom. The zero-order valence-corrected chi connectivity index (χ0v) is 13.1. The standard InChI is InChI=1S/C16H16F2N4O3/c17-16(18)25-13-5-1-10(2-6-13)15(24)21-12-7-19-22(8-12)9-14(23)20-11-3-4-11/h1-2,5-8,11,16H,3-4,9H2,(H,20,23)(H,21,24). The number of carbonyl (C=O) groups excluding carboxylic acids is 2. The SMILES string of the molecule is O=C(Cn1cc(NC(=O)c2ccc(OC(F)F)cc2)cn1)NC1CC1. The van der Waals surface area contributed by atoms with E-state index in [1.54, 1.807) is 6.20 Å². The molecule has 0 aliphatic heterocycles. The molecule has 0 radical (unpaired) electrons. The van der Waals surface area contributed by atoms with Crippen molar-refractivity contribution in [2.75, 3.05) is 5.32 Å². The van der Waals surface area contributed by atoms with Gasteiger partial charge in [0.2, 0.25) is 5.91 Å². The van der Waals surface area contributed by atoms with E-state index in [2.05, 4.69) is 20.5 Å². The largest absolute Gasteiger partial charge is 0.435 e. The first-order chi connectivity index (χ1) is 12.0. The lowest BCUT2D eigenvalue weighted by Crippen LogP contribution is -2.29. The Bertz CT molecular complexity index is 757. The Morgan fingerprint density at radius 2 is 2.00 bits per heavy atom. The Morgan fingerprint density at radius 1 is 1.28 bits per heavy atom. The number of hydrogen-bond donors (Lipinski definition) is 2. The third-order valence-corrected chi connectivity index (χ3v) is 3.48. The van der Waals surface area contributed by atoms with Gasteiger partial charge >= 0.3 is 6.61 Å². The molecule has 0 unspecified atom stereocenters. The predicted molar refractivity (Wildman–Crippen MR) is 84.4 cm³/mol. The second kappa shape index (κ2) is 7.29. The van der Waals surface area contributed by atoms with E-state index in [1.165, 1.54) is 35.1 Å². The predicted octanol–water partition coefficient (Wildman–Crippen LogP) is 2.02. The average molecular weight is 350 g/mol. The quantitative estimate of drug-likeness (QED) is 0.800. The molecule has 132 valence electrons. The highest BCUT2D eigenvalue weighted by molar-refractivity contribution is 6.04. The summed E-state index contributed by atoms with van der Waals surface area (Å²) >= 11 is 0. The van der Waals surface area contributed by atoms with Crippen LogP contribution in [0.3, 0.4) is 0 Å². The smallest absolute Gasteiger partial charge is 0.387 e. The molecule has 9 heteroatoms. The number of anilines is 1. The number of alkyl halides is 2. The van der Waals surface area contributed by atoms with E-state index in [4.69, 9.17) is 0 Å². The first-order valence-electron chi connectivity index (χ1n) is 7.67. The number of benzene rings is 1. The van der Waals surface area contributed by atoms with Crippen molar-refractivity contribution in [1.29, 1.82) is 0 Å². The highest BCUT2D eigenvalue weighted by atomic mass is 19.3. The number of carbonyl (C=O) groups is 2. The van der Waals surface area contributed by atoms with Crippen LogP contribution >= 0.6 is 0 Å². The van der Waals surface area contributed by atoms with Crippen molar-refractivity contribution < 1.29 is 23.1 Å². The topological polar surface area (TPSA) is 85.2 Å². The van der Waals surface area contributed by atoms with Gasteiger partial charge in [0.05, 0.1) is 11.9 Å². The lowest BCUT2D eigenvalue weighted by molar-refractivity contribution is -0.122. The summed E-state index contributed by atoms with van der Waals surface area (Å²) in [5.74, 6) is -0.579. The van der Waals surface area contributed by atoms with Gasteiger partial charge in [-0.1, -0.05) is 0 Å². The molecule has 0 saturated heterocycles. The number of aromatic nitrogens is 2. The van der Waals surface area contributed by atoms with Crippen molar-refractivity contribution >= 4 is 17.5 Å². The van der Waals surface area contributed by atoms with Gasteiger partial charge in [-0.25, -0.2) is 0 Å². The minimum atomic E-state index is -2.91. The van der Waals surface area contributed by atoms with Gasteiger partial charge in [0, 0.05) is 17.8 Å². The Hall–Kier alpha value is -2.97. The van der Waals surface area contributed by atoms with Crippen LogP contribution in [-0.4, -0.2) is 34.2 Å². The first-order valence-corrected chi connectivity index (χ1v) is 7.67. The third kappa shape index (κ3) is 5.00. The summed E-state index contributed by atoms with van der Waals surface area (Å²) in [5, 5.41) is 9.48. The lowest BCUT2D eigenvalue weighted by Gasteiger charge is -2.06. The summed E-state index contributed by atoms with van der Waals surface area (Å²) in [6.07, 6.45) is 4.98. The lowest BCUT2D eigenvalue weighted by atomic mass is 10.2. The van der Waals surface area contributed by atoms with Crippen molar-refractivity contribution in [1.82, 2.24) is 15.1 Å². The van der Waals surface area contributed by atoms with E-state index < -0.39 is 12.5 Å². The fourth-order valence-corrected chi connectivity index (χ4v) is 2.15. The minimum Gasteiger partial charge on any atom is -0.435 e. The zero-order valence-electron chi connectivity index (χ0n) is 13.1. The maximum Gasteiger partial charge on any atom is 0.387 e. The Labute approximate surface area is 142 Å². The monoisotopic (exact) mass is 350 g/mol. The van der Waals surface area contributed by atoms with E-state index >= 15 is 0 Å². The Balaban J connectivity index is 1.54. The van der Waals surface area contributed by atoms with Crippen molar-refractivity contribution in [2.45, 2.75) is 32.0 Å². The normalized spacial score (nSPS) is 13.6. The summed E-state index contributed by atoms with van der Waals surface area (Å²) in [5.41, 5.74) is 0.706. The molecule has 1 aliphatic rings. The minimum absolute atomic E-state index is 0.0268. The molecule has 1 saturated carbocycles. The van der Waals surface area contributed by atoms with E-state index in [0.29, 0.717) is 5.69 Å².